The molecule has 2 rings (SSSR count). The fourth-order valence-corrected chi connectivity index (χ4v) is 1.61. The molecule has 1 aromatic heterocycles. The zero-order valence-corrected chi connectivity index (χ0v) is 7.56. The zero-order chi connectivity index (χ0) is 9.10. The van der Waals surface area contributed by atoms with Crippen molar-refractivity contribution in [1.82, 2.24) is 9.97 Å². The van der Waals surface area contributed by atoms with E-state index in [1.54, 1.807) is 12.4 Å². The summed E-state index contributed by atoms with van der Waals surface area (Å²) in [6.45, 7) is 2.90. The van der Waals surface area contributed by atoms with Crippen LogP contribution in [0.3, 0.4) is 0 Å². The van der Waals surface area contributed by atoms with Gasteiger partial charge in [-0.3, -0.25) is 0 Å². The second kappa shape index (κ2) is 3.70. The predicted molar refractivity (Wildman–Crippen MR) is 51.4 cm³/mol. The van der Waals surface area contributed by atoms with Crippen LogP contribution in [-0.2, 0) is 0 Å². The van der Waals surface area contributed by atoms with Gasteiger partial charge in [-0.15, -0.1) is 0 Å². The number of anilines is 1. The summed E-state index contributed by atoms with van der Waals surface area (Å²) in [6, 6.07) is 1.83. The van der Waals surface area contributed by atoms with Gasteiger partial charge in [0.05, 0.1) is 0 Å². The minimum Gasteiger partial charge on any atom is -0.340 e. The molecule has 0 spiro atoms. The van der Waals surface area contributed by atoms with Gasteiger partial charge in [-0.1, -0.05) is 0 Å². The van der Waals surface area contributed by atoms with Gasteiger partial charge in [0.2, 0.25) is 5.95 Å². The Kier molecular flexibility index (Phi) is 2.40. The molecule has 4 heteroatoms. The Bertz CT molecular complexity index is 256. The van der Waals surface area contributed by atoms with Gasteiger partial charge in [-0.05, 0) is 24.9 Å². The van der Waals surface area contributed by atoms with Crippen molar-refractivity contribution in [3.8, 4) is 0 Å². The molecule has 1 aromatic rings. The lowest BCUT2D eigenvalue weighted by Gasteiger charge is -2.39. The molecule has 1 saturated heterocycles. The molecule has 0 bridgehead atoms. The van der Waals surface area contributed by atoms with Crippen molar-refractivity contribution in [2.75, 3.05) is 24.5 Å². The predicted octanol–water partition coefficient (Wildman–Crippen LogP) is 0.262. The first-order valence-corrected chi connectivity index (χ1v) is 4.62. The van der Waals surface area contributed by atoms with Gasteiger partial charge in [-0.2, -0.15) is 0 Å². The van der Waals surface area contributed by atoms with Gasteiger partial charge < -0.3 is 10.6 Å². The van der Waals surface area contributed by atoms with Crippen LogP contribution < -0.4 is 10.6 Å². The summed E-state index contributed by atoms with van der Waals surface area (Å²) in [4.78, 5) is 10.5. The Labute approximate surface area is 77.8 Å². The summed E-state index contributed by atoms with van der Waals surface area (Å²) in [5.74, 6) is 1.59. The molecule has 0 amide bonds. The summed E-state index contributed by atoms with van der Waals surface area (Å²) in [6.07, 6.45) is 4.67. The molecule has 4 nitrogen and oxygen atoms in total. The smallest absolute Gasteiger partial charge is 0.225 e. The number of nitrogens with two attached hydrogens (primary N) is 1. The molecular formula is C9H14N4. The lowest BCUT2D eigenvalue weighted by molar-refractivity contribution is 0.383. The van der Waals surface area contributed by atoms with E-state index >= 15 is 0 Å². The third-order valence-corrected chi connectivity index (χ3v) is 2.37. The number of hydrogen-bond donors (Lipinski definition) is 1. The van der Waals surface area contributed by atoms with Gasteiger partial charge in [0.1, 0.15) is 0 Å². The van der Waals surface area contributed by atoms with Gasteiger partial charge in [0.25, 0.3) is 0 Å². The topological polar surface area (TPSA) is 55.0 Å². The number of hydrogen-bond acceptors (Lipinski definition) is 4. The Morgan fingerprint density at radius 3 is 2.69 bits per heavy atom. The summed E-state index contributed by atoms with van der Waals surface area (Å²) in [7, 11) is 0. The average molecular weight is 178 g/mol. The van der Waals surface area contributed by atoms with E-state index in [0.29, 0.717) is 0 Å². The third kappa shape index (κ3) is 1.78. The van der Waals surface area contributed by atoms with Gasteiger partial charge in [0.15, 0.2) is 0 Å². The molecular weight excluding hydrogens is 164 g/mol. The first-order valence-electron chi connectivity index (χ1n) is 4.62. The molecule has 1 fully saturated rings. The van der Waals surface area contributed by atoms with E-state index in [9.17, 15) is 0 Å². The minimum atomic E-state index is 0.744. The molecule has 0 aliphatic carbocycles. The molecule has 0 radical (unpaired) electrons. The van der Waals surface area contributed by atoms with Gasteiger partial charge in [0, 0.05) is 25.5 Å². The SMILES string of the molecule is NCCC1CN(c2ncccn2)C1. The largest absolute Gasteiger partial charge is 0.340 e. The third-order valence-electron chi connectivity index (χ3n) is 2.37. The quantitative estimate of drug-likeness (QED) is 0.721. The van der Waals surface area contributed by atoms with Crippen molar-refractivity contribution < 1.29 is 0 Å². The summed E-state index contributed by atoms with van der Waals surface area (Å²) in [5, 5.41) is 0. The van der Waals surface area contributed by atoms with Crippen molar-refractivity contribution in [1.29, 1.82) is 0 Å². The Morgan fingerprint density at radius 2 is 2.08 bits per heavy atom. The Hall–Kier alpha value is -1.16. The molecule has 0 aromatic carbocycles. The average Bonchev–Trinajstić information content (AvgIpc) is 2.12. The molecule has 1 aliphatic heterocycles. The molecule has 1 aliphatic rings. The summed E-state index contributed by atoms with van der Waals surface area (Å²) < 4.78 is 0. The van der Waals surface area contributed by atoms with Crippen molar-refractivity contribution in [2.24, 2.45) is 11.7 Å². The fourth-order valence-electron chi connectivity index (χ4n) is 1.61. The first kappa shape index (κ1) is 8.44. The lowest BCUT2D eigenvalue weighted by Crippen LogP contribution is -2.48. The Balaban J connectivity index is 1.87. The van der Waals surface area contributed by atoms with E-state index in [1.807, 2.05) is 6.07 Å². The van der Waals surface area contributed by atoms with Crippen LogP contribution in [0, 0.1) is 5.92 Å². The van der Waals surface area contributed by atoms with Crippen LogP contribution >= 0.6 is 0 Å². The van der Waals surface area contributed by atoms with Crippen molar-refractivity contribution in [3.05, 3.63) is 18.5 Å². The molecule has 70 valence electrons. The fraction of sp³-hybridized carbons (Fsp3) is 0.556. The first-order chi connectivity index (χ1) is 6.40. The van der Waals surface area contributed by atoms with E-state index in [2.05, 4.69) is 14.9 Å². The second-order valence-electron chi connectivity index (χ2n) is 3.40. The van der Waals surface area contributed by atoms with E-state index < -0.39 is 0 Å². The standard InChI is InChI=1S/C9H14N4/c10-3-2-8-6-13(7-8)9-11-4-1-5-12-9/h1,4-5,8H,2-3,6-7,10H2. The number of nitrogens with zero attached hydrogens (tertiary/aromatic N) is 3. The summed E-state index contributed by atoms with van der Waals surface area (Å²) in [5.41, 5.74) is 5.47. The van der Waals surface area contributed by atoms with E-state index in [-0.39, 0.29) is 0 Å². The normalized spacial score (nSPS) is 17.2. The highest BCUT2D eigenvalue weighted by Crippen LogP contribution is 2.21. The Morgan fingerprint density at radius 1 is 1.38 bits per heavy atom. The van der Waals surface area contributed by atoms with Crippen molar-refractivity contribution in [2.45, 2.75) is 6.42 Å². The highest BCUT2D eigenvalue weighted by atomic mass is 15.3. The van der Waals surface area contributed by atoms with Gasteiger partial charge in [-0.25, -0.2) is 9.97 Å². The highest BCUT2D eigenvalue weighted by Gasteiger charge is 2.27. The maximum absolute atomic E-state index is 5.47. The summed E-state index contributed by atoms with van der Waals surface area (Å²) >= 11 is 0. The maximum Gasteiger partial charge on any atom is 0.225 e. The minimum absolute atomic E-state index is 0.744. The van der Waals surface area contributed by atoms with Crippen LogP contribution in [0.15, 0.2) is 18.5 Å². The van der Waals surface area contributed by atoms with Crippen LogP contribution in [0.2, 0.25) is 0 Å². The molecule has 0 unspecified atom stereocenters. The van der Waals surface area contributed by atoms with Crippen molar-refractivity contribution in [3.63, 3.8) is 0 Å². The van der Waals surface area contributed by atoms with Crippen LogP contribution in [-0.4, -0.2) is 29.6 Å². The monoisotopic (exact) mass is 178 g/mol. The van der Waals surface area contributed by atoms with E-state index in [0.717, 1.165) is 37.9 Å². The van der Waals surface area contributed by atoms with Crippen LogP contribution in [0.5, 0.6) is 0 Å². The molecule has 0 atom stereocenters. The van der Waals surface area contributed by atoms with E-state index in [1.165, 1.54) is 0 Å². The molecule has 13 heavy (non-hydrogen) atoms. The van der Waals surface area contributed by atoms with Crippen LogP contribution in [0.4, 0.5) is 5.95 Å². The molecule has 2 heterocycles. The van der Waals surface area contributed by atoms with E-state index in [4.69, 9.17) is 5.73 Å². The maximum atomic E-state index is 5.47. The van der Waals surface area contributed by atoms with Gasteiger partial charge >= 0.3 is 0 Å². The second-order valence-corrected chi connectivity index (χ2v) is 3.40. The highest BCUT2D eigenvalue weighted by molar-refractivity contribution is 5.32. The zero-order valence-electron chi connectivity index (χ0n) is 7.56. The van der Waals surface area contributed by atoms with Crippen LogP contribution in [0.25, 0.3) is 0 Å². The van der Waals surface area contributed by atoms with Crippen molar-refractivity contribution >= 4 is 5.95 Å². The number of rotatable bonds is 3. The molecule has 0 saturated carbocycles. The van der Waals surface area contributed by atoms with Crippen LogP contribution in [0.1, 0.15) is 6.42 Å². The lowest BCUT2D eigenvalue weighted by atomic mass is 9.97. The number of aromatic nitrogens is 2. The molecule has 2 N–H and O–H groups in total.